The Balaban J connectivity index is 2.02. The van der Waals surface area contributed by atoms with Gasteiger partial charge in [0.1, 0.15) is 0 Å². The van der Waals surface area contributed by atoms with Gasteiger partial charge in [-0.05, 0) is 12.1 Å². The van der Waals surface area contributed by atoms with Gasteiger partial charge in [-0.1, -0.05) is 0 Å². The van der Waals surface area contributed by atoms with Gasteiger partial charge < -0.3 is 4.90 Å². The number of likely N-dealkylation sites (tertiary alicyclic amines) is 1. The van der Waals surface area contributed by atoms with E-state index in [2.05, 4.69) is 11.1 Å². The largest absolute Gasteiger partial charge is 0.336 e. The van der Waals surface area contributed by atoms with E-state index in [-0.39, 0.29) is 11.8 Å². The number of hydrogen-bond donors (Lipinski definition) is 0. The second-order valence-electron chi connectivity index (χ2n) is 3.28. The molecule has 1 fully saturated rings. The molecule has 0 atom stereocenters. The molecular weight excluding hydrogens is 178 g/mol. The summed E-state index contributed by atoms with van der Waals surface area (Å²) in [6, 6.07) is 5.59. The van der Waals surface area contributed by atoms with Crippen molar-refractivity contribution in [3.63, 3.8) is 0 Å². The van der Waals surface area contributed by atoms with Crippen LogP contribution in [0.25, 0.3) is 0 Å². The Bertz CT molecular complexity index is 376. The second kappa shape index (κ2) is 3.46. The van der Waals surface area contributed by atoms with Crippen molar-refractivity contribution in [2.45, 2.75) is 0 Å². The van der Waals surface area contributed by atoms with Gasteiger partial charge in [-0.3, -0.25) is 9.78 Å². The van der Waals surface area contributed by atoms with Gasteiger partial charge in [0.25, 0.3) is 5.91 Å². The van der Waals surface area contributed by atoms with Crippen LogP contribution in [0, 0.1) is 17.2 Å². The van der Waals surface area contributed by atoms with Gasteiger partial charge in [-0.25, -0.2) is 0 Å². The maximum absolute atomic E-state index is 11.7. The van der Waals surface area contributed by atoms with Crippen molar-refractivity contribution >= 4 is 5.91 Å². The molecule has 1 aliphatic heterocycles. The van der Waals surface area contributed by atoms with E-state index in [1.54, 1.807) is 29.4 Å². The predicted molar refractivity (Wildman–Crippen MR) is 49.2 cm³/mol. The normalized spacial score (nSPS) is 15.8. The number of carbonyl (C=O) groups is 1. The Hall–Kier alpha value is -1.89. The van der Waals surface area contributed by atoms with Crippen LogP contribution in [0.2, 0.25) is 0 Å². The van der Waals surface area contributed by atoms with Crippen molar-refractivity contribution in [1.82, 2.24) is 9.88 Å². The summed E-state index contributed by atoms with van der Waals surface area (Å²) in [5, 5.41) is 8.56. The van der Waals surface area contributed by atoms with Gasteiger partial charge in [0.2, 0.25) is 0 Å². The van der Waals surface area contributed by atoms with Crippen LogP contribution in [0.15, 0.2) is 24.5 Å². The van der Waals surface area contributed by atoms with E-state index in [4.69, 9.17) is 5.26 Å². The Morgan fingerprint density at radius 2 is 2.43 bits per heavy atom. The number of aromatic nitrogens is 1. The molecule has 70 valence electrons. The van der Waals surface area contributed by atoms with Gasteiger partial charge >= 0.3 is 0 Å². The Morgan fingerprint density at radius 3 is 3.00 bits per heavy atom. The zero-order valence-corrected chi connectivity index (χ0v) is 7.55. The molecule has 0 saturated carbocycles. The lowest BCUT2D eigenvalue weighted by atomic mass is 10.0. The fraction of sp³-hybridized carbons (Fsp3) is 0.300. The molecule has 0 radical (unpaired) electrons. The molecule has 1 aromatic rings. The SMILES string of the molecule is N#CC1CN(C(=O)c2cccnc2)C1. The van der Waals surface area contributed by atoms with E-state index in [1.807, 2.05) is 0 Å². The molecule has 0 N–H and O–H groups in total. The van der Waals surface area contributed by atoms with Crippen molar-refractivity contribution < 1.29 is 4.79 Å². The molecule has 4 heteroatoms. The minimum atomic E-state index is -0.0374. The smallest absolute Gasteiger partial charge is 0.255 e. The lowest BCUT2D eigenvalue weighted by Gasteiger charge is -2.35. The van der Waals surface area contributed by atoms with E-state index in [0.29, 0.717) is 18.7 Å². The number of carbonyl (C=O) groups excluding carboxylic acids is 1. The standard InChI is InChI=1S/C10H9N3O/c11-4-8-6-13(7-8)10(14)9-2-1-3-12-5-9/h1-3,5,8H,6-7H2. The first-order valence-corrected chi connectivity index (χ1v) is 4.40. The number of pyridine rings is 1. The van der Waals surface area contributed by atoms with Gasteiger partial charge in [-0.15, -0.1) is 0 Å². The van der Waals surface area contributed by atoms with E-state index >= 15 is 0 Å². The monoisotopic (exact) mass is 187 g/mol. The molecule has 2 rings (SSSR count). The summed E-state index contributed by atoms with van der Waals surface area (Å²) in [5.41, 5.74) is 0.587. The summed E-state index contributed by atoms with van der Waals surface area (Å²) in [7, 11) is 0. The van der Waals surface area contributed by atoms with E-state index in [0.717, 1.165) is 0 Å². The van der Waals surface area contributed by atoms with E-state index in [1.165, 1.54) is 0 Å². The van der Waals surface area contributed by atoms with Crippen LogP contribution in [0.4, 0.5) is 0 Å². The Labute approximate surface area is 81.8 Å². The highest BCUT2D eigenvalue weighted by Gasteiger charge is 2.30. The second-order valence-corrected chi connectivity index (χ2v) is 3.28. The number of nitriles is 1. The maximum Gasteiger partial charge on any atom is 0.255 e. The molecule has 0 unspecified atom stereocenters. The first-order valence-electron chi connectivity index (χ1n) is 4.40. The van der Waals surface area contributed by atoms with Crippen LogP contribution in [0.3, 0.4) is 0 Å². The number of hydrogen-bond acceptors (Lipinski definition) is 3. The molecule has 0 bridgehead atoms. The molecule has 1 aromatic heterocycles. The number of amides is 1. The lowest BCUT2D eigenvalue weighted by Crippen LogP contribution is -2.49. The zero-order chi connectivity index (χ0) is 9.97. The molecule has 1 saturated heterocycles. The van der Waals surface area contributed by atoms with Crippen molar-refractivity contribution in [1.29, 1.82) is 5.26 Å². The lowest BCUT2D eigenvalue weighted by molar-refractivity contribution is 0.0577. The minimum Gasteiger partial charge on any atom is -0.336 e. The first kappa shape index (κ1) is 8.70. The fourth-order valence-electron chi connectivity index (χ4n) is 1.40. The molecule has 0 spiro atoms. The molecule has 2 heterocycles. The van der Waals surface area contributed by atoms with Crippen LogP contribution in [-0.2, 0) is 0 Å². The zero-order valence-electron chi connectivity index (χ0n) is 7.55. The number of nitrogens with zero attached hydrogens (tertiary/aromatic N) is 3. The van der Waals surface area contributed by atoms with Crippen LogP contribution < -0.4 is 0 Å². The van der Waals surface area contributed by atoms with E-state index in [9.17, 15) is 4.79 Å². The molecular formula is C10H9N3O. The van der Waals surface area contributed by atoms with Gasteiger partial charge in [0.15, 0.2) is 0 Å². The Kier molecular flexibility index (Phi) is 2.15. The summed E-state index contributed by atoms with van der Waals surface area (Å²) in [5.74, 6) is -0.0276. The quantitative estimate of drug-likeness (QED) is 0.649. The highest BCUT2D eigenvalue weighted by Crippen LogP contribution is 2.17. The summed E-state index contributed by atoms with van der Waals surface area (Å²) in [6.07, 6.45) is 3.17. The highest BCUT2D eigenvalue weighted by atomic mass is 16.2. The van der Waals surface area contributed by atoms with Crippen LogP contribution >= 0.6 is 0 Å². The average molecular weight is 187 g/mol. The summed E-state index contributed by atoms with van der Waals surface area (Å²) in [6.45, 7) is 1.09. The van der Waals surface area contributed by atoms with Crippen LogP contribution in [0.5, 0.6) is 0 Å². The first-order chi connectivity index (χ1) is 6.81. The summed E-state index contributed by atoms with van der Waals surface area (Å²) >= 11 is 0. The number of rotatable bonds is 1. The van der Waals surface area contributed by atoms with Gasteiger partial charge in [0, 0.05) is 25.5 Å². The van der Waals surface area contributed by atoms with Gasteiger partial charge in [0.05, 0.1) is 17.6 Å². The van der Waals surface area contributed by atoms with Crippen molar-refractivity contribution in [2.24, 2.45) is 5.92 Å². The Morgan fingerprint density at radius 1 is 1.64 bits per heavy atom. The van der Waals surface area contributed by atoms with E-state index < -0.39 is 0 Å². The molecule has 1 aliphatic rings. The summed E-state index contributed by atoms with van der Waals surface area (Å²) in [4.78, 5) is 17.2. The predicted octanol–water partition coefficient (Wildman–Crippen LogP) is 0.677. The molecule has 14 heavy (non-hydrogen) atoms. The molecule has 4 nitrogen and oxygen atoms in total. The average Bonchev–Trinajstić information content (AvgIpc) is 2.17. The van der Waals surface area contributed by atoms with Crippen molar-refractivity contribution in [2.75, 3.05) is 13.1 Å². The van der Waals surface area contributed by atoms with Crippen LogP contribution in [0.1, 0.15) is 10.4 Å². The molecule has 0 aromatic carbocycles. The summed E-state index contributed by atoms with van der Waals surface area (Å²) < 4.78 is 0. The van der Waals surface area contributed by atoms with Crippen molar-refractivity contribution in [3.8, 4) is 6.07 Å². The van der Waals surface area contributed by atoms with Crippen molar-refractivity contribution in [3.05, 3.63) is 30.1 Å². The highest BCUT2D eigenvalue weighted by molar-refractivity contribution is 5.94. The third-order valence-electron chi connectivity index (χ3n) is 2.26. The third kappa shape index (κ3) is 1.44. The topological polar surface area (TPSA) is 57.0 Å². The minimum absolute atomic E-state index is 0.00983. The molecule has 0 aliphatic carbocycles. The third-order valence-corrected chi connectivity index (χ3v) is 2.26. The maximum atomic E-state index is 11.7. The fourth-order valence-corrected chi connectivity index (χ4v) is 1.40. The van der Waals surface area contributed by atoms with Gasteiger partial charge in [-0.2, -0.15) is 5.26 Å². The van der Waals surface area contributed by atoms with Crippen LogP contribution in [-0.4, -0.2) is 28.9 Å². The molecule has 1 amide bonds.